The largest absolute Gasteiger partial charge is 0.330 e. The van der Waals surface area contributed by atoms with Gasteiger partial charge in [0.15, 0.2) is 0 Å². The topological polar surface area (TPSA) is 43.8 Å². The Bertz CT molecular complexity index is 277. The highest BCUT2D eigenvalue weighted by molar-refractivity contribution is 5.21. The van der Waals surface area contributed by atoms with E-state index in [9.17, 15) is 0 Å². The van der Waals surface area contributed by atoms with Crippen LogP contribution in [0.1, 0.15) is 24.6 Å². The number of aromatic nitrogens is 2. The Kier molecular flexibility index (Phi) is 2.36. The highest BCUT2D eigenvalue weighted by atomic mass is 15.3. The fourth-order valence-electron chi connectivity index (χ4n) is 2.10. The van der Waals surface area contributed by atoms with Crippen LogP contribution >= 0.6 is 0 Å². The standard InChI is InChI=1S/C10H17N3/c1-2-13-10-5-8(6-11)3-4-9(10)7-12-13/h7-8H,2-6,11H2,1H3/t8-/m1/s1. The number of nitrogens with two attached hydrogens (primary N) is 1. The van der Waals surface area contributed by atoms with Gasteiger partial charge < -0.3 is 5.73 Å². The van der Waals surface area contributed by atoms with Gasteiger partial charge in [-0.3, -0.25) is 4.68 Å². The van der Waals surface area contributed by atoms with Crippen molar-refractivity contribution in [1.82, 2.24) is 9.78 Å². The van der Waals surface area contributed by atoms with Crippen LogP contribution in [0.2, 0.25) is 0 Å². The first-order valence-electron chi connectivity index (χ1n) is 5.08. The Morgan fingerprint density at radius 1 is 1.69 bits per heavy atom. The summed E-state index contributed by atoms with van der Waals surface area (Å²) in [7, 11) is 0. The zero-order chi connectivity index (χ0) is 9.26. The Morgan fingerprint density at radius 3 is 3.23 bits per heavy atom. The molecule has 1 aliphatic carbocycles. The van der Waals surface area contributed by atoms with Crippen molar-refractivity contribution in [2.75, 3.05) is 6.54 Å². The number of nitrogens with zero attached hydrogens (tertiary/aromatic N) is 2. The summed E-state index contributed by atoms with van der Waals surface area (Å²) in [6.07, 6.45) is 5.54. The molecule has 0 amide bonds. The number of hydrogen-bond acceptors (Lipinski definition) is 2. The summed E-state index contributed by atoms with van der Waals surface area (Å²) in [5.41, 5.74) is 8.55. The highest BCUT2D eigenvalue weighted by Gasteiger charge is 2.20. The summed E-state index contributed by atoms with van der Waals surface area (Å²) in [5.74, 6) is 0.675. The second-order valence-electron chi connectivity index (χ2n) is 3.78. The van der Waals surface area contributed by atoms with Crippen LogP contribution in [0, 0.1) is 5.92 Å². The minimum atomic E-state index is 0.675. The Balaban J connectivity index is 2.25. The first-order chi connectivity index (χ1) is 6.35. The molecule has 2 rings (SSSR count). The van der Waals surface area contributed by atoms with Gasteiger partial charge in [0.2, 0.25) is 0 Å². The van der Waals surface area contributed by atoms with Gasteiger partial charge in [-0.2, -0.15) is 5.10 Å². The molecule has 0 aromatic carbocycles. The van der Waals surface area contributed by atoms with E-state index in [1.54, 1.807) is 0 Å². The molecule has 0 fully saturated rings. The van der Waals surface area contributed by atoms with Gasteiger partial charge in [-0.25, -0.2) is 0 Å². The van der Waals surface area contributed by atoms with E-state index in [1.165, 1.54) is 17.7 Å². The molecule has 1 aliphatic rings. The van der Waals surface area contributed by atoms with Crippen LogP contribution < -0.4 is 5.73 Å². The molecule has 13 heavy (non-hydrogen) atoms. The van der Waals surface area contributed by atoms with E-state index in [0.717, 1.165) is 25.9 Å². The molecule has 0 bridgehead atoms. The Morgan fingerprint density at radius 2 is 2.54 bits per heavy atom. The lowest BCUT2D eigenvalue weighted by Gasteiger charge is -2.21. The van der Waals surface area contributed by atoms with E-state index in [-0.39, 0.29) is 0 Å². The number of hydrogen-bond donors (Lipinski definition) is 1. The van der Waals surface area contributed by atoms with Crippen molar-refractivity contribution < 1.29 is 0 Å². The smallest absolute Gasteiger partial charge is 0.0524 e. The Hall–Kier alpha value is -0.830. The van der Waals surface area contributed by atoms with Crippen molar-refractivity contribution in [1.29, 1.82) is 0 Å². The molecule has 0 saturated carbocycles. The van der Waals surface area contributed by atoms with Crippen molar-refractivity contribution in [3.8, 4) is 0 Å². The SMILES string of the molecule is CCn1ncc2c1C[C@H](CN)CC2. The van der Waals surface area contributed by atoms with Crippen LogP contribution in [0.25, 0.3) is 0 Å². The van der Waals surface area contributed by atoms with Crippen molar-refractivity contribution in [3.05, 3.63) is 17.5 Å². The lowest BCUT2D eigenvalue weighted by atomic mass is 9.88. The number of fused-ring (bicyclic) bond motifs is 1. The predicted octanol–water partition coefficient (Wildman–Crippen LogP) is 0.967. The molecule has 2 N–H and O–H groups in total. The fourth-order valence-corrected chi connectivity index (χ4v) is 2.10. The van der Waals surface area contributed by atoms with Gasteiger partial charge >= 0.3 is 0 Å². The molecular weight excluding hydrogens is 162 g/mol. The van der Waals surface area contributed by atoms with E-state index in [4.69, 9.17) is 5.73 Å². The third kappa shape index (κ3) is 1.48. The second-order valence-corrected chi connectivity index (χ2v) is 3.78. The average molecular weight is 179 g/mol. The second kappa shape index (κ2) is 3.50. The Labute approximate surface area is 78.9 Å². The zero-order valence-corrected chi connectivity index (χ0v) is 8.16. The van der Waals surface area contributed by atoms with Crippen molar-refractivity contribution in [3.63, 3.8) is 0 Å². The summed E-state index contributed by atoms with van der Waals surface area (Å²) in [5, 5.41) is 4.36. The molecule has 0 aliphatic heterocycles. The quantitative estimate of drug-likeness (QED) is 0.735. The number of rotatable bonds is 2. The van der Waals surface area contributed by atoms with Crippen LogP contribution in [0.4, 0.5) is 0 Å². The van der Waals surface area contributed by atoms with E-state index >= 15 is 0 Å². The molecule has 1 aromatic heterocycles. The fraction of sp³-hybridized carbons (Fsp3) is 0.700. The molecule has 0 saturated heterocycles. The molecular formula is C10H17N3. The summed E-state index contributed by atoms with van der Waals surface area (Å²) in [6, 6.07) is 0. The van der Waals surface area contributed by atoms with Gasteiger partial charge in [0.1, 0.15) is 0 Å². The summed E-state index contributed by atoms with van der Waals surface area (Å²) in [6.45, 7) is 3.93. The molecule has 1 atom stereocenters. The van der Waals surface area contributed by atoms with Crippen LogP contribution in [-0.2, 0) is 19.4 Å². The van der Waals surface area contributed by atoms with E-state index in [0.29, 0.717) is 5.92 Å². The summed E-state index contributed by atoms with van der Waals surface area (Å²) in [4.78, 5) is 0. The molecule has 0 unspecified atom stereocenters. The van der Waals surface area contributed by atoms with Gasteiger partial charge in [-0.15, -0.1) is 0 Å². The maximum Gasteiger partial charge on any atom is 0.0524 e. The molecule has 0 radical (unpaired) electrons. The van der Waals surface area contributed by atoms with Crippen molar-refractivity contribution in [2.24, 2.45) is 11.7 Å². The molecule has 0 spiro atoms. The van der Waals surface area contributed by atoms with Crippen LogP contribution in [0.3, 0.4) is 0 Å². The van der Waals surface area contributed by atoms with Gasteiger partial charge in [0.05, 0.1) is 6.20 Å². The lowest BCUT2D eigenvalue weighted by molar-refractivity contribution is 0.445. The van der Waals surface area contributed by atoms with Crippen molar-refractivity contribution >= 4 is 0 Å². The average Bonchev–Trinajstić information content (AvgIpc) is 2.59. The van der Waals surface area contributed by atoms with E-state index in [2.05, 4.69) is 16.7 Å². The van der Waals surface area contributed by atoms with Gasteiger partial charge in [-0.05, 0) is 44.2 Å². The van der Waals surface area contributed by atoms with Gasteiger partial charge in [0, 0.05) is 12.2 Å². The first-order valence-corrected chi connectivity index (χ1v) is 5.08. The molecule has 3 nitrogen and oxygen atoms in total. The normalized spacial score (nSPS) is 21.5. The van der Waals surface area contributed by atoms with Crippen LogP contribution in [0.15, 0.2) is 6.20 Å². The summed E-state index contributed by atoms with van der Waals surface area (Å²) >= 11 is 0. The minimum Gasteiger partial charge on any atom is -0.330 e. The van der Waals surface area contributed by atoms with Crippen molar-refractivity contribution in [2.45, 2.75) is 32.7 Å². The van der Waals surface area contributed by atoms with Crippen LogP contribution in [-0.4, -0.2) is 16.3 Å². The number of aryl methyl sites for hydroxylation is 2. The monoisotopic (exact) mass is 179 g/mol. The van der Waals surface area contributed by atoms with Gasteiger partial charge in [-0.1, -0.05) is 0 Å². The minimum absolute atomic E-state index is 0.675. The summed E-state index contributed by atoms with van der Waals surface area (Å²) < 4.78 is 2.11. The molecule has 3 heteroatoms. The molecule has 72 valence electrons. The van der Waals surface area contributed by atoms with Crippen LogP contribution in [0.5, 0.6) is 0 Å². The molecule has 1 aromatic rings. The maximum atomic E-state index is 5.69. The van der Waals surface area contributed by atoms with Gasteiger partial charge in [0.25, 0.3) is 0 Å². The predicted molar refractivity (Wildman–Crippen MR) is 52.5 cm³/mol. The molecule has 1 heterocycles. The maximum absolute atomic E-state index is 5.69. The lowest BCUT2D eigenvalue weighted by Crippen LogP contribution is -2.23. The van der Waals surface area contributed by atoms with E-state index in [1.807, 2.05) is 6.20 Å². The highest BCUT2D eigenvalue weighted by Crippen LogP contribution is 2.24. The first kappa shape index (κ1) is 8.75. The third-order valence-electron chi connectivity index (χ3n) is 2.97. The zero-order valence-electron chi connectivity index (χ0n) is 8.16. The third-order valence-corrected chi connectivity index (χ3v) is 2.97. The van der Waals surface area contributed by atoms with E-state index < -0.39 is 0 Å².